The van der Waals surface area contributed by atoms with Gasteiger partial charge in [-0.15, -0.1) is 0 Å². The Bertz CT molecular complexity index is 1260. The van der Waals surface area contributed by atoms with Gasteiger partial charge in [-0.3, -0.25) is 14.4 Å². The van der Waals surface area contributed by atoms with Crippen molar-refractivity contribution in [2.24, 2.45) is 17.2 Å². The molecule has 1 aliphatic rings. The Balaban J connectivity index is 0.000000351. The van der Waals surface area contributed by atoms with E-state index < -0.39 is 36.3 Å². The molecule has 0 radical (unpaired) electrons. The molecule has 256 valence electrons. The Morgan fingerprint density at radius 3 is 2.15 bits per heavy atom. The minimum Gasteiger partial charge on any atom is -0.423 e. The molecule has 46 heavy (non-hydrogen) atoms. The van der Waals surface area contributed by atoms with E-state index in [9.17, 15) is 37.0 Å². The molecule has 0 bridgehead atoms. The molecule has 1 aliphatic heterocycles. The van der Waals surface area contributed by atoms with E-state index in [4.69, 9.17) is 21.9 Å². The Morgan fingerprint density at radius 2 is 1.67 bits per heavy atom. The average Bonchev–Trinajstić information content (AvgIpc) is 3.24. The monoisotopic (exact) mass is 656 g/mol. The minimum atomic E-state index is -4.22. The molecule has 1 heterocycles. The third-order valence-electron chi connectivity index (χ3n) is 6.90. The molecular weight excluding hydrogens is 611 g/mol. The number of carbonyl (C=O) groups is 3. The van der Waals surface area contributed by atoms with Gasteiger partial charge in [0.05, 0.1) is 22.9 Å². The van der Waals surface area contributed by atoms with Crippen LogP contribution in [0.2, 0.25) is 0 Å². The lowest BCUT2D eigenvalue weighted by atomic mass is 9.77. The molecule has 0 aliphatic carbocycles. The van der Waals surface area contributed by atoms with Crippen molar-refractivity contribution in [2.45, 2.75) is 64.8 Å². The number of amides is 3. The average molecular weight is 657 g/mol. The molecular formula is C30H45BF4N6O5. The molecule has 11 nitrogen and oxygen atoms in total. The fraction of sp³-hybridized carbons (Fsp3) is 0.500. The summed E-state index contributed by atoms with van der Waals surface area (Å²) in [4.78, 5) is 35.2. The number of nitrogens with zero attached hydrogens (tertiary/aromatic N) is 1. The van der Waals surface area contributed by atoms with Crippen LogP contribution in [-0.2, 0) is 37.2 Å². The van der Waals surface area contributed by atoms with E-state index in [0.717, 1.165) is 24.1 Å². The first kappa shape index (κ1) is 40.5. The van der Waals surface area contributed by atoms with Gasteiger partial charge in [0.25, 0.3) is 0 Å². The standard InChI is InChI=1S/C11H25N5O2.C10H11BFNO3.C9H9F3/c1-2-15-11(18)9(14)3-4-10(17)16(7-5-12)8-6-13;1-10(2)6-3-4-7(12)9(13-5-14)8(6)11(15)16-10;1-2-7-3-5-8(6-4-7)9(10,11)12/h9H,2-8,12-14H2,1H3,(H,15,18);3-5,15H,1-2H3,(H,13,14);3-6H,2H2,1H3. The largest absolute Gasteiger partial charge is 0.494 e. The van der Waals surface area contributed by atoms with Crippen molar-refractivity contribution in [1.82, 2.24) is 10.2 Å². The van der Waals surface area contributed by atoms with Gasteiger partial charge in [0.2, 0.25) is 18.2 Å². The second-order valence-electron chi connectivity index (χ2n) is 10.7. The highest BCUT2D eigenvalue weighted by Crippen LogP contribution is 2.33. The number of likely N-dealkylation sites (N-methyl/N-ethyl adjacent to an activating group) is 1. The van der Waals surface area contributed by atoms with E-state index in [-0.39, 0.29) is 29.4 Å². The molecule has 0 saturated heterocycles. The third-order valence-corrected chi connectivity index (χ3v) is 6.90. The first-order chi connectivity index (χ1) is 21.6. The molecule has 3 amide bonds. The molecule has 0 saturated carbocycles. The van der Waals surface area contributed by atoms with Crippen molar-refractivity contribution in [2.75, 3.05) is 38.0 Å². The first-order valence-electron chi connectivity index (χ1n) is 14.8. The number of benzene rings is 2. The topological polar surface area (TPSA) is 186 Å². The van der Waals surface area contributed by atoms with Crippen LogP contribution in [0, 0.1) is 5.82 Å². The molecule has 9 N–H and O–H groups in total. The summed E-state index contributed by atoms with van der Waals surface area (Å²) in [5.74, 6) is -0.883. The Labute approximate surface area is 267 Å². The number of rotatable bonds is 12. The zero-order valence-electron chi connectivity index (χ0n) is 26.6. The normalized spacial score (nSPS) is 13.7. The fourth-order valence-corrected chi connectivity index (χ4v) is 4.46. The summed E-state index contributed by atoms with van der Waals surface area (Å²) in [6, 6.07) is 7.38. The number of aryl methyl sites for hydroxylation is 1. The molecule has 0 aromatic heterocycles. The number of hydrogen-bond donors (Lipinski definition) is 6. The van der Waals surface area contributed by atoms with Gasteiger partial charge in [-0.25, -0.2) is 4.39 Å². The van der Waals surface area contributed by atoms with Crippen LogP contribution >= 0.6 is 0 Å². The summed E-state index contributed by atoms with van der Waals surface area (Å²) in [7, 11) is -1.22. The van der Waals surface area contributed by atoms with Gasteiger partial charge in [0.1, 0.15) is 5.82 Å². The smallest absolute Gasteiger partial charge is 0.423 e. The van der Waals surface area contributed by atoms with Crippen LogP contribution in [-0.4, -0.2) is 74.0 Å². The molecule has 0 spiro atoms. The highest BCUT2D eigenvalue weighted by atomic mass is 19.4. The van der Waals surface area contributed by atoms with Gasteiger partial charge in [-0.05, 0) is 62.9 Å². The summed E-state index contributed by atoms with van der Waals surface area (Å²) in [5, 5.41) is 14.6. The predicted octanol–water partition coefficient (Wildman–Crippen LogP) is 1.59. The number of carbonyl (C=O) groups excluding carboxylic acids is 3. The van der Waals surface area contributed by atoms with Crippen LogP contribution in [0.5, 0.6) is 0 Å². The highest BCUT2D eigenvalue weighted by molar-refractivity contribution is 6.64. The Morgan fingerprint density at radius 1 is 1.09 bits per heavy atom. The lowest BCUT2D eigenvalue weighted by molar-refractivity contribution is -0.137. The first-order valence-corrected chi connectivity index (χ1v) is 14.8. The number of halogens is 4. The molecule has 2 aromatic carbocycles. The minimum absolute atomic E-state index is 0.0226. The number of hydrogen-bond acceptors (Lipinski definition) is 8. The Kier molecular flexibility index (Phi) is 16.9. The fourth-order valence-electron chi connectivity index (χ4n) is 4.46. The van der Waals surface area contributed by atoms with Crippen LogP contribution in [0.15, 0.2) is 36.4 Å². The van der Waals surface area contributed by atoms with E-state index in [1.165, 1.54) is 18.2 Å². The second kappa shape index (κ2) is 19.2. The quantitative estimate of drug-likeness (QED) is 0.113. The van der Waals surface area contributed by atoms with E-state index >= 15 is 0 Å². The summed E-state index contributed by atoms with van der Waals surface area (Å²) in [6.45, 7) is 9.55. The molecule has 1 unspecified atom stereocenters. The third kappa shape index (κ3) is 12.3. The lowest BCUT2D eigenvalue weighted by Crippen LogP contribution is -2.43. The molecule has 1 atom stereocenters. The van der Waals surface area contributed by atoms with Crippen LogP contribution < -0.4 is 33.3 Å². The van der Waals surface area contributed by atoms with E-state index in [0.29, 0.717) is 51.1 Å². The highest BCUT2D eigenvalue weighted by Gasteiger charge is 2.43. The van der Waals surface area contributed by atoms with E-state index in [2.05, 4.69) is 10.6 Å². The molecule has 0 fully saturated rings. The van der Waals surface area contributed by atoms with Crippen molar-refractivity contribution >= 4 is 36.5 Å². The summed E-state index contributed by atoms with van der Waals surface area (Å²) in [6.07, 6.45) is -2.52. The maximum atomic E-state index is 13.5. The van der Waals surface area contributed by atoms with Gasteiger partial charge in [-0.1, -0.05) is 25.1 Å². The van der Waals surface area contributed by atoms with Crippen molar-refractivity contribution in [3.05, 3.63) is 58.9 Å². The van der Waals surface area contributed by atoms with Gasteiger partial charge in [-0.2, -0.15) is 13.2 Å². The number of nitrogens with one attached hydrogen (secondary N) is 2. The Hall–Kier alpha value is -3.57. The van der Waals surface area contributed by atoms with Crippen molar-refractivity contribution < 1.29 is 41.6 Å². The van der Waals surface area contributed by atoms with Crippen molar-refractivity contribution in [1.29, 1.82) is 0 Å². The second-order valence-corrected chi connectivity index (χ2v) is 10.7. The molecule has 3 rings (SSSR count). The van der Waals surface area contributed by atoms with Crippen molar-refractivity contribution in [3.63, 3.8) is 0 Å². The molecule has 16 heteroatoms. The summed E-state index contributed by atoms with van der Waals surface area (Å²) < 4.78 is 54.8. The maximum Gasteiger partial charge on any atom is 0.494 e. The van der Waals surface area contributed by atoms with Crippen LogP contribution in [0.3, 0.4) is 0 Å². The van der Waals surface area contributed by atoms with Gasteiger partial charge in [0.15, 0.2) is 0 Å². The number of alkyl halides is 3. The zero-order chi connectivity index (χ0) is 35.1. The number of fused-ring (bicyclic) bond motifs is 1. The van der Waals surface area contributed by atoms with Gasteiger partial charge in [0, 0.05) is 44.6 Å². The number of anilines is 1. The van der Waals surface area contributed by atoms with Crippen LogP contribution in [0.25, 0.3) is 0 Å². The zero-order valence-corrected chi connectivity index (χ0v) is 26.6. The van der Waals surface area contributed by atoms with Crippen LogP contribution in [0.4, 0.5) is 23.2 Å². The van der Waals surface area contributed by atoms with Gasteiger partial charge >= 0.3 is 13.3 Å². The van der Waals surface area contributed by atoms with E-state index in [1.54, 1.807) is 24.8 Å². The summed E-state index contributed by atoms with van der Waals surface area (Å²) in [5.41, 5.74) is 17.1. The van der Waals surface area contributed by atoms with Crippen molar-refractivity contribution in [3.8, 4) is 0 Å². The maximum absolute atomic E-state index is 13.5. The summed E-state index contributed by atoms with van der Waals surface area (Å²) >= 11 is 0. The number of nitrogens with two attached hydrogens (primary N) is 3. The lowest BCUT2D eigenvalue weighted by Gasteiger charge is -2.21. The molecule has 2 aromatic rings. The van der Waals surface area contributed by atoms with Crippen LogP contribution in [0.1, 0.15) is 57.2 Å². The van der Waals surface area contributed by atoms with Gasteiger partial charge < -0.3 is 42.4 Å². The SMILES string of the molecule is CC1(C)OB(O)c2c1ccc(F)c2NC=O.CCNC(=O)C(N)CCC(=O)N(CCN)CCN.CCc1ccc(C(F)(F)F)cc1. The van der Waals surface area contributed by atoms with E-state index in [1.807, 2.05) is 13.8 Å². The predicted molar refractivity (Wildman–Crippen MR) is 169 cm³/mol.